The molecule has 2 aromatic rings. The number of fused-ring (bicyclic) bond motifs is 1. The van der Waals surface area contributed by atoms with Crippen molar-refractivity contribution >= 4 is 10.9 Å². The van der Waals surface area contributed by atoms with Crippen molar-refractivity contribution in [2.45, 2.75) is 13.8 Å². The van der Waals surface area contributed by atoms with E-state index in [9.17, 15) is 5.11 Å². The van der Waals surface area contributed by atoms with Gasteiger partial charge in [0.15, 0.2) is 0 Å². The number of methoxy groups -OCH3 is 2. The number of ether oxygens (including phenoxy) is 2. The van der Waals surface area contributed by atoms with E-state index in [0.29, 0.717) is 22.4 Å². The van der Waals surface area contributed by atoms with Gasteiger partial charge >= 0.3 is 0 Å². The minimum Gasteiger partial charge on any atom is -0.507 e. The lowest BCUT2D eigenvalue weighted by Crippen LogP contribution is -1.95. The van der Waals surface area contributed by atoms with Crippen LogP contribution in [0.2, 0.25) is 0 Å². The van der Waals surface area contributed by atoms with Crippen LogP contribution in [-0.2, 0) is 0 Å². The highest BCUT2D eigenvalue weighted by Gasteiger charge is 2.13. The zero-order chi connectivity index (χ0) is 12.6. The number of rotatable bonds is 2. The van der Waals surface area contributed by atoms with Crippen LogP contribution in [0.15, 0.2) is 12.1 Å². The summed E-state index contributed by atoms with van der Waals surface area (Å²) in [6, 6.07) is 3.51. The second-order valence-corrected chi connectivity index (χ2v) is 3.90. The van der Waals surface area contributed by atoms with E-state index in [1.807, 2.05) is 13.8 Å². The zero-order valence-corrected chi connectivity index (χ0v) is 10.4. The van der Waals surface area contributed by atoms with Gasteiger partial charge in [-0.25, -0.2) is 4.98 Å². The Labute approximate surface area is 99.8 Å². The maximum Gasteiger partial charge on any atom is 0.148 e. The summed E-state index contributed by atoms with van der Waals surface area (Å²) in [5.74, 6) is 1.46. The van der Waals surface area contributed by atoms with Gasteiger partial charge in [-0.05, 0) is 19.9 Å². The Morgan fingerprint density at radius 2 is 1.82 bits per heavy atom. The molecule has 0 radical (unpaired) electrons. The van der Waals surface area contributed by atoms with E-state index in [1.54, 1.807) is 26.4 Å². The molecule has 0 fully saturated rings. The lowest BCUT2D eigenvalue weighted by atomic mass is 10.1. The molecule has 2 rings (SSSR count). The molecule has 0 spiro atoms. The number of hydrogen-bond donors (Lipinski definition) is 1. The van der Waals surface area contributed by atoms with E-state index in [2.05, 4.69) is 4.98 Å². The number of hydrogen-bond acceptors (Lipinski definition) is 4. The molecule has 4 nitrogen and oxygen atoms in total. The first-order valence-electron chi connectivity index (χ1n) is 5.30. The second kappa shape index (κ2) is 4.13. The second-order valence-electron chi connectivity index (χ2n) is 3.90. The highest BCUT2D eigenvalue weighted by molar-refractivity contribution is 5.92. The molecular weight excluding hydrogens is 218 g/mol. The molecular formula is C13H15NO3. The molecule has 0 saturated carbocycles. The topological polar surface area (TPSA) is 51.6 Å². The molecule has 1 heterocycles. The first-order valence-corrected chi connectivity index (χ1v) is 5.30. The smallest absolute Gasteiger partial charge is 0.148 e. The predicted octanol–water partition coefficient (Wildman–Crippen LogP) is 2.57. The van der Waals surface area contributed by atoms with Crippen LogP contribution in [-0.4, -0.2) is 24.3 Å². The van der Waals surface area contributed by atoms with Gasteiger partial charge in [0.05, 0.1) is 14.2 Å². The third-order valence-corrected chi connectivity index (χ3v) is 2.94. The number of aromatic nitrogens is 1. The van der Waals surface area contributed by atoms with Gasteiger partial charge in [-0.2, -0.15) is 0 Å². The minimum absolute atomic E-state index is 0.227. The average Bonchev–Trinajstić information content (AvgIpc) is 2.35. The summed E-state index contributed by atoms with van der Waals surface area (Å²) in [5.41, 5.74) is 2.21. The summed E-state index contributed by atoms with van der Waals surface area (Å²) >= 11 is 0. The standard InChI is InChI=1S/C13H15NO3/c1-7-8(2)14-12-10(13(7)15)5-9(16-3)6-11(12)17-4/h5-6H,1-4H3,(H,14,15). The summed E-state index contributed by atoms with van der Waals surface area (Å²) in [6.07, 6.45) is 0. The van der Waals surface area contributed by atoms with Crippen LogP contribution in [0.4, 0.5) is 0 Å². The molecule has 0 amide bonds. The van der Waals surface area contributed by atoms with Gasteiger partial charge in [0.2, 0.25) is 0 Å². The van der Waals surface area contributed by atoms with Gasteiger partial charge in [-0.3, -0.25) is 0 Å². The molecule has 1 aromatic heterocycles. The number of pyridine rings is 1. The Morgan fingerprint density at radius 1 is 1.12 bits per heavy atom. The normalized spacial score (nSPS) is 10.6. The highest BCUT2D eigenvalue weighted by Crippen LogP contribution is 2.37. The van der Waals surface area contributed by atoms with Crippen LogP contribution in [0.25, 0.3) is 10.9 Å². The number of aryl methyl sites for hydroxylation is 1. The lowest BCUT2D eigenvalue weighted by Gasteiger charge is -2.12. The fourth-order valence-electron chi connectivity index (χ4n) is 1.78. The molecule has 1 aromatic carbocycles. The molecule has 0 saturated heterocycles. The minimum atomic E-state index is 0.227. The number of nitrogens with zero attached hydrogens (tertiary/aromatic N) is 1. The van der Waals surface area contributed by atoms with Gasteiger partial charge in [-0.15, -0.1) is 0 Å². The van der Waals surface area contributed by atoms with E-state index in [4.69, 9.17) is 9.47 Å². The summed E-state index contributed by atoms with van der Waals surface area (Å²) in [5, 5.41) is 10.8. The molecule has 17 heavy (non-hydrogen) atoms. The summed E-state index contributed by atoms with van der Waals surface area (Å²) in [7, 11) is 3.15. The summed E-state index contributed by atoms with van der Waals surface area (Å²) < 4.78 is 10.4. The molecule has 1 N–H and O–H groups in total. The Hall–Kier alpha value is -1.97. The maximum absolute atomic E-state index is 10.1. The largest absolute Gasteiger partial charge is 0.507 e. The molecule has 4 heteroatoms. The van der Waals surface area contributed by atoms with Crippen molar-refractivity contribution in [1.82, 2.24) is 4.98 Å². The van der Waals surface area contributed by atoms with Gasteiger partial charge in [0, 0.05) is 22.7 Å². The van der Waals surface area contributed by atoms with Crippen molar-refractivity contribution < 1.29 is 14.6 Å². The predicted molar refractivity (Wildman–Crippen MR) is 66.0 cm³/mol. The van der Waals surface area contributed by atoms with Crippen molar-refractivity contribution in [3.05, 3.63) is 23.4 Å². The van der Waals surface area contributed by atoms with Crippen LogP contribution in [0.1, 0.15) is 11.3 Å². The number of aromatic hydroxyl groups is 1. The number of benzene rings is 1. The van der Waals surface area contributed by atoms with Crippen LogP contribution < -0.4 is 9.47 Å². The first-order chi connectivity index (χ1) is 8.08. The van der Waals surface area contributed by atoms with Crippen LogP contribution >= 0.6 is 0 Å². The fourth-order valence-corrected chi connectivity index (χ4v) is 1.78. The van der Waals surface area contributed by atoms with Gasteiger partial charge in [0.25, 0.3) is 0 Å². The van der Waals surface area contributed by atoms with Gasteiger partial charge < -0.3 is 14.6 Å². The van der Waals surface area contributed by atoms with Crippen molar-refractivity contribution in [2.75, 3.05) is 14.2 Å². The van der Waals surface area contributed by atoms with Crippen molar-refractivity contribution in [1.29, 1.82) is 0 Å². The summed E-state index contributed by atoms with van der Waals surface area (Å²) in [6.45, 7) is 3.70. The first kappa shape index (κ1) is 11.5. The van der Waals surface area contributed by atoms with Crippen molar-refractivity contribution in [2.24, 2.45) is 0 Å². The lowest BCUT2D eigenvalue weighted by molar-refractivity contribution is 0.396. The molecule has 0 aliphatic carbocycles. The van der Waals surface area contributed by atoms with Crippen LogP contribution in [0.5, 0.6) is 17.2 Å². The van der Waals surface area contributed by atoms with Crippen molar-refractivity contribution in [3.63, 3.8) is 0 Å². The summed E-state index contributed by atoms with van der Waals surface area (Å²) in [4.78, 5) is 4.44. The van der Waals surface area contributed by atoms with E-state index < -0.39 is 0 Å². The van der Waals surface area contributed by atoms with E-state index in [-0.39, 0.29) is 5.75 Å². The SMILES string of the molecule is COc1cc(OC)c2nc(C)c(C)c(O)c2c1. The van der Waals surface area contributed by atoms with Crippen LogP contribution in [0.3, 0.4) is 0 Å². The zero-order valence-electron chi connectivity index (χ0n) is 10.4. The molecule has 90 valence electrons. The molecule has 0 aliphatic heterocycles. The Balaban J connectivity index is 2.89. The maximum atomic E-state index is 10.1. The molecule has 0 unspecified atom stereocenters. The molecule has 0 aliphatic rings. The molecule has 0 bridgehead atoms. The Bertz CT molecular complexity index is 579. The Kier molecular flexibility index (Phi) is 2.79. The van der Waals surface area contributed by atoms with E-state index in [1.165, 1.54) is 0 Å². The van der Waals surface area contributed by atoms with E-state index in [0.717, 1.165) is 11.3 Å². The molecule has 0 atom stereocenters. The third-order valence-electron chi connectivity index (χ3n) is 2.94. The van der Waals surface area contributed by atoms with Crippen molar-refractivity contribution in [3.8, 4) is 17.2 Å². The Morgan fingerprint density at radius 3 is 2.41 bits per heavy atom. The third kappa shape index (κ3) is 1.75. The average molecular weight is 233 g/mol. The fraction of sp³-hybridized carbons (Fsp3) is 0.308. The van der Waals surface area contributed by atoms with Gasteiger partial charge in [0.1, 0.15) is 22.8 Å². The monoisotopic (exact) mass is 233 g/mol. The van der Waals surface area contributed by atoms with Crippen LogP contribution in [0, 0.1) is 13.8 Å². The van der Waals surface area contributed by atoms with E-state index >= 15 is 0 Å². The quantitative estimate of drug-likeness (QED) is 0.866. The van der Waals surface area contributed by atoms with Gasteiger partial charge in [-0.1, -0.05) is 0 Å². The highest BCUT2D eigenvalue weighted by atomic mass is 16.5.